The molecule has 0 spiro atoms. The summed E-state index contributed by atoms with van der Waals surface area (Å²) >= 11 is 0. The van der Waals surface area contributed by atoms with Gasteiger partial charge in [-0.3, -0.25) is 9.59 Å². The molecule has 3 rings (SSSR count). The Morgan fingerprint density at radius 3 is 2.39 bits per heavy atom. The summed E-state index contributed by atoms with van der Waals surface area (Å²) in [5.74, 6) is 0.512. The second kappa shape index (κ2) is 8.78. The minimum Gasteiger partial charge on any atom is -0.493 e. The topological polar surface area (TPSA) is 67.9 Å². The number of methoxy groups -OCH3 is 2. The van der Waals surface area contributed by atoms with Gasteiger partial charge in [0, 0.05) is 24.8 Å². The summed E-state index contributed by atoms with van der Waals surface area (Å²) in [5.41, 5.74) is 1.71. The highest BCUT2D eigenvalue weighted by molar-refractivity contribution is 5.99. The van der Waals surface area contributed by atoms with Gasteiger partial charge in [-0.25, -0.2) is 0 Å². The largest absolute Gasteiger partial charge is 0.493 e. The third kappa shape index (κ3) is 4.44. The summed E-state index contributed by atoms with van der Waals surface area (Å²) in [4.78, 5) is 27.2. The third-order valence-electron chi connectivity index (χ3n) is 5.01. The van der Waals surface area contributed by atoms with Crippen LogP contribution < -0.4 is 14.8 Å². The van der Waals surface area contributed by atoms with Crippen molar-refractivity contribution in [1.82, 2.24) is 4.90 Å². The smallest absolute Gasteiger partial charge is 0.228 e. The second-order valence-electron chi connectivity index (χ2n) is 6.85. The number of carbonyl (C=O) groups excluding carboxylic acids is 2. The van der Waals surface area contributed by atoms with Crippen LogP contribution in [0.4, 0.5) is 5.69 Å². The lowest BCUT2D eigenvalue weighted by atomic mass is 10.2. The molecule has 0 saturated heterocycles. The molecule has 0 radical (unpaired) electrons. The van der Waals surface area contributed by atoms with Gasteiger partial charge < -0.3 is 19.7 Å². The molecular formula is C22H26N2O4. The molecule has 2 atom stereocenters. The van der Waals surface area contributed by atoms with Gasteiger partial charge in [0.1, 0.15) is 0 Å². The monoisotopic (exact) mass is 382 g/mol. The zero-order valence-electron chi connectivity index (χ0n) is 16.5. The van der Waals surface area contributed by atoms with E-state index in [1.807, 2.05) is 42.2 Å². The molecule has 0 aliphatic heterocycles. The van der Waals surface area contributed by atoms with E-state index in [-0.39, 0.29) is 23.7 Å². The second-order valence-corrected chi connectivity index (χ2v) is 6.85. The van der Waals surface area contributed by atoms with Gasteiger partial charge in [-0.1, -0.05) is 30.3 Å². The number of nitrogens with one attached hydrogen (secondary N) is 1. The van der Waals surface area contributed by atoms with Crippen LogP contribution in [0.25, 0.3) is 0 Å². The number of hydrogen-bond acceptors (Lipinski definition) is 4. The number of anilines is 1. The quantitative estimate of drug-likeness (QED) is 0.760. The first-order chi connectivity index (χ1) is 13.6. The predicted octanol–water partition coefficient (Wildman–Crippen LogP) is 3.33. The molecule has 2 aromatic carbocycles. The minimum absolute atomic E-state index is 0.0406. The van der Waals surface area contributed by atoms with E-state index in [2.05, 4.69) is 5.32 Å². The maximum absolute atomic E-state index is 12.8. The van der Waals surface area contributed by atoms with Crippen LogP contribution in [0.15, 0.2) is 48.5 Å². The van der Waals surface area contributed by atoms with Crippen molar-refractivity contribution in [1.29, 1.82) is 0 Å². The van der Waals surface area contributed by atoms with E-state index in [0.29, 0.717) is 36.7 Å². The van der Waals surface area contributed by atoms with Crippen LogP contribution in [0.1, 0.15) is 18.9 Å². The van der Waals surface area contributed by atoms with E-state index >= 15 is 0 Å². The van der Waals surface area contributed by atoms with Crippen LogP contribution in [0.2, 0.25) is 0 Å². The number of rotatable bonds is 8. The first-order valence-corrected chi connectivity index (χ1v) is 9.43. The molecule has 1 N–H and O–H groups in total. The molecule has 1 aliphatic carbocycles. The highest BCUT2D eigenvalue weighted by Crippen LogP contribution is 2.41. The maximum atomic E-state index is 12.8. The fourth-order valence-electron chi connectivity index (χ4n) is 3.29. The fraction of sp³-hybridized carbons (Fsp3) is 0.364. The Kier molecular flexibility index (Phi) is 6.19. The van der Waals surface area contributed by atoms with Gasteiger partial charge in [0.2, 0.25) is 11.8 Å². The average molecular weight is 382 g/mol. The number of amides is 2. The van der Waals surface area contributed by atoms with Crippen LogP contribution >= 0.6 is 0 Å². The summed E-state index contributed by atoms with van der Waals surface area (Å²) in [5, 5.41) is 2.88. The Balaban J connectivity index is 1.59. The highest BCUT2D eigenvalue weighted by Gasteiger charge is 2.49. The molecular weight excluding hydrogens is 356 g/mol. The summed E-state index contributed by atoms with van der Waals surface area (Å²) in [6.45, 7) is 3.15. The molecule has 148 valence electrons. The molecule has 6 heteroatoms. The standard InChI is InChI=1S/C22H26N2O4/c1-4-24(14-15-8-6-5-7-9-15)22(26)18-13-17(18)21(25)23-16-10-11-19(27-2)20(12-16)28-3/h5-12,17-18H,4,13-14H2,1-3H3,(H,23,25). The SMILES string of the molecule is CCN(Cc1ccccc1)C(=O)C1CC1C(=O)Nc1ccc(OC)c(OC)c1. The van der Waals surface area contributed by atoms with Crippen LogP contribution in [0.5, 0.6) is 11.5 Å². The Morgan fingerprint density at radius 1 is 1.04 bits per heavy atom. The van der Waals surface area contributed by atoms with Crippen molar-refractivity contribution in [2.45, 2.75) is 19.9 Å². The number of nitrogens with zero attached hydrogens (tertiary/aromatic N) is 1. The molecule has 0 aromatic heterocycles. The molecule has 1 fully saturated rings. The van der Waals surface area contributed by atoms with Crippen molar-refractivity contribution < 1.29 is 19.1 Å². The molecule has 2 aromatic rings. The van der Waals surface area contributed by atoms with E-state index in [1.54, 1.807) is 32.4 Å². The van der Waals surface area contributed by atoms with Gasteiger partial charge in [0.15, 0.2) is 11.5 Å². The highest BCUT2D eigenvalue weighted by atomic mass is 16.5. The summed E-state index contributed by atoms with van der Waals surface area (Å²) in [6, 6.07) is 15.1. The normalized spacial score (nSPS) is 17.5. The number of carbonyl (C=O) groups is 2. The molecule has 0 bridgehead atoms. The van der Waals surface area contributed by atoms with E-state index in [0.717, 1.165) is 5.56 Å². The van der Waals surface area contributed by atoms with Crippen molar-refractivity contribution in [2.24, 2.45) is 11.8 Å². The zero-order chi connectivity index (χ0) is 20.1. The third-order valence-corrected chi connectivity index (χ3v) is 5.01. The van der Waals surface area contributed by atoms with Crippen LogP contribution in [-0.4, -0.2) is 37.5 Å². The minimum atomic E-state index is -0.287. The van der Waals surface area contributed by atoms with E-state index in [4.69, 9.17) is 9.47 Å². The number of ether oxygens (including phenoxy) is 2. The van der Waals surface area contributed by atoms with Crippen molar-refractivity contribution in [3.63, 3.8) is 0 Å². The maximum Gasteiger partial charge on any atom is 0.228 e. The molecule has 6 nitrogen and oxygen atoms in total. The lowest BCUT2D eigenvalue weighted by molar-refractivity contribution is -0.134. The summed E-state index contributed by atoms with van der Waals surface area (Å²) in [7, 11) is 3.11. The van der Waals surface area contributed by atoms with Gasteiger partial charge in [-0.15, -0.1) is 0 Å². The molecule has 28 heavy (non-hydrogen) atoms. The zero-order valence-corrected chi connectivity index (χ0v) is 16.5. The lowest BCUT2D eigenvalue weighted by Crippen LogP contribution is -2.33. The van der Waals surface area contributed by atoms with Crippen molar-refractivity contribution in [3.05, 3.63) is 54.1 Å². The van der Waals surface area contributed by atoms with Gasteiger partial charge in [-0.05, 0) is 31.0 Å². The summed E-state index contributed by atoms with van der Waals surface area (Å²) in [6.07, 6.45) is 0.587. The average Bonchev–Trinajstić information content (AvgIpc) is 3.53. The van der Waals surface area contributed by atoms with Crippen LogP contribution in [0, 0.1) is 11.8 Å². The van der Waals surface area contributed by atoms with E-state index in [9.17, 15) is 9.59 Å². The van der Waals surface area contributed by atoms with Crippen molar-refractivity contribution in [3.8, 4) is 11.5 Å². The Labute approximate surface area is 165 Å². The first-order valence-electron chi connectivity index (χ1n) is 9.43. The van der Waals surface area contributed by atoms with Gasteiger partial charge in [0.25, 0.3) is 0 Å². The Hall–Kier alpha value is -3.02. The van der Waals surface area contributed by atoms with E-state index < -0.39 is 0 Å². The Bertz CT molecular complexity index is 838. The Morgan fingerprint density at radius 2 is 1.75 bits per heavy atom. The fourth-order valence-corrected chi connectivity index (χ4v) is 3.29. The van der Waals surface area contributed by atoms with Crippen LogP contribution in [0.3, 0.4) is 0 Å². The van der Waals surface area contributed by atoms with Gasteiger partial charge in [0.05, 0.1) is 26.1 Å². The first kappa shape index (κ1) is 19.7. The predicted molar refractivity (Wildman–Crippen MR) is 107 cm³/mol. The molecule has 2 unspecified atom stereocenters. The molecule has 0 heterocycles. The number of benzene rings is 2. The van der Waals surface area contributed by atoms with E-state index in [1.165, 1.54) is 0 Å². The summed E-state index contributed by atoms with van der Waals surface area (Å²) < 4.78 is 10.5. The van der Waals surface area contributed by atoms with Gasteiger partial charge >= 0.3 is 0 Å². The number of hydrogen-bond donors (Lipinski definition) is 1. The van der Waals surface area contributed by atoms with Crippen molar-refractivity contribution >= 4 is 17.5 Å². The van der Waals surface area contributed by atoms with Crippen molar-refractivity contribution in [2.75, 3.05) is 26.1 Å². The molecule has 2 amide bonds. The lowest BCUT2D eigenvalue weighted by Gasteiger charge is -2.21. The van der Waals surface area contributed by atoms with Crippen LogP contribution in [-0.2, 0) is 16.1 Å². The molecule has 1 saturated carbocycles. The van der Waals surface area contributed by atoms with Gasteiger partial charge in [-0.2, -0.15) is 0 Å². The molecule has 1 aliphatic rings.